The summed E-state index contributed by atoms with van der Waals surface area (Å²) in [6, 6.07) is 12.8. The summed E-state index contributed by atoms with van der Waals surface area (Å²) >= 11 is 0. The van der Waals surface area contributed by atoms with Crippen molar-refractivity contribution in [1.29, 1.82) is 0 Å². The molecule has 0 saturated carbocycles. The average Bonchev–Trinajstić information content (AvgIpc) is 2.54. The van der Waals surface area contributed by atoms with Crippen LogP contribution >= 0.6 is 0 Å². The van der Waals surface area contributed by atoms with Gasteiger partial charge in [0, 0.05) is 23.9 Å². The maximum Gasteiger partial charge on any atom is 0.265 e. The molecule has 0 radical (unpaired) electrons. The van der Waals surface area contributed by atoms with Crippen LogP contribution in [0.1, 0.15) is 12.5 Å². The van der Waals surface area contributed by atoms with Crippen LogP contribution in [0.2, 0.25) is 0 Å². The van der Waals surface area contributed by atoms with Crippen molar-refractivity contribution < 1.29 is 19.0 Å². The topological polar surface area (TPSA) is 56.8 Å². The van der Waals surface area contributed by atoms with E-state index in [9.17, 15) is 4.79 Å². The maximum atomic E-state index is 12.2. The first-order valence-electron chi connectivity index (χ1n) is 7.29. The molecule has 0 aromatic heterocycles. The van der Waals surface area contributed by atoms with E-state index in [0.717, 1.165) is 11.3 Å². The molecule has 2 aromatic carbocycles. The maximum absolute atomic E-state index is 12.2. The molecule has 0 bridgehead atoms. The van der Waals surface area contributed by atoms with E-state index in [2.05, 4.69) is 5.32 Å². The highest BCUT2D eigenvalue weighted by molar-refractivity contribution is 5.94. The summed E-state index contributed by atoms with van der Waals surface area (Å²) in [5.74, 6) is 1.49. The van der Waals surface area contributed by atoms with Crippen LogP contribution in [-0.2, 0) is 4.79 Å². The molecule has 0 fully saturated rings. The van der Waals surface area contributed by atoms with Gasteiger partial charge in [0.25, 0.3) is 5.91 Å². The number of amides is 1. The van der Waals surface area contributed by atoms with Crippen molar-refractivity contribution in [2.75, 3.05) is 19.5 Å². The van der Waals surface area contributed by atoms with Gasteiger partial charge in [-0.3, -0.25) is 4.79 Å². The third-order valence-electron chi connectivity index (χ3n) is 3.29. The normalized spacial score (nSPS) is 11.5. The molecule has 5 heteroatoms. The summed E-state index contributed by atoms with van der Waals surface area (Å²) in [5.41, 5.74) is 1.82. The fourth-order valence-corrected chi connectivity index (χ4v) is 2.07. The third-order valence-corrected chi connectivity index (χ3v) is 3.29. The Morgan fingerprint density at radius 1 is 1.00 bits per heavy atom. The lowest BCUT2D eigenvalue weighted by Gasteiger charge is -2.16. The number of methoxy groups -OCH3 is 2. The van der Waals surface area contributed by atoms with Crippen molar-refractivity contribution in [3.63, 3.8) is 0 Å². The summed E-state index contributed by atoms with van der Waals surface area (Å²) in [6.07, 6.45) is -0.660. The van der Waals surface area contributed by atoms with Crippen LogP contribution in [-0.4, -0.2) is 26.2 Å². The van der Waals surface area contributed by atoms with E-state index in [-0.39, 0.29) is 5.91 Å². The Kier molecular flexibility index (Phi) is 5.46. The van der Waals surface area contributed by atoms with Crippen molar-refractivity contribution in [3.05, 3.63) is 48.0 Å². The first kappa shape index (κ1) is 16.7. The van der Waals surface area contributed by atoms with E-state index in [1.807, 2.05) is 31.2 Å². The number of aryl methyl sites for hydroxylation is 1. The molecule has 0 unspecified atom stereocenters. The van der Waals surface area contributed by atoms with Gasteiger partial charge in [0.15, 0.2) is 6.10 Å². The first-order valence-corrected chi connectivity index (χ1v) is 7.29. The van der Waals surface area contributed by atoms with Gasteiger partial charge in [-0.1, -0.05) is 12.1 Å². The van der Waals surface area contributed by atoms with Crippen molar-refractivity contribution >= 4 is 11.6 Å². The molecule has 0 aliphatic heterocycles. The number of carbonyl (C=O) groups excluding carboxylic acids is 1. The quantitative estimate of drug-likeness (QED) is 0.887. The number of anilines is 1. The number of hydrogen-bond donors (Lipinski definition) is 1. The molecule has 2 aromatic rings. The molecule has 0 heterocycles. The molecule has 0 aliphatic rings. The highest BCUT2D eigenvalue weighted by Crippen LogP contribution is 2.28. The Labute approximate surface area is 136 Å². The van der Waals surface area contributed by atoms with Crippen molar-refractivity contribution in [2.45, 2.75) is 20.0 Å². The van der Waals surface area contributed by atoms with Gasteiger partial charge >= 0.3 is 0 Å². The number of ether oxygens (including phenoxy) is 3. The van der Waals surface area contributed by atoms with E-state index in [0.29, 0.717) is 17.2 Å². The predicted molar refractivity (Wildman–Crippen MR) is 89.4 cm³/mol. The van der Waals surface area contributed by atoms with Crippen molar-refractivity contribution in [3.8, 4) is 17.2 Å². The second-order valence-electron chi connectivity index (χ2n) is 5.17. The van der Waals surface area contributed by atoms with Gasteiger partial charge in [0.2, 0.25) is 0 Å². The van der Waals surface area contributed by atoms with E-state index >= 15 is 0 Å². The highest BCUT2D eigenvalue weighted by Gasteiger charge is 2.16. The van der Waals surface area contributed by atoms with Gasteiger partial charge in [-0.2, -0.15) is 0 Å². The molecule has 0 aliphatic carbocycles. The van der Waals surface area contributed by atoms with Crippen LogP contribution in [0.3, 0.4) is 0 Å². The first-order chi connectivity index (χ1) is 11.0. The third kappa shape index (κ3) is 4.64. The number of rotatable bonds is 6. The zero-order valence-corrected chi connectivity index (χ0v) is 13.8. The average molecular weight is 315 g/mol. The monoisotopic (exact) mass is 315 g/mol. The van der Waals surface area contributed by atoms with Crippen molar-refractivity contribution in [2.24, 2.45) is 0 Å². The Morgan fingerprint density at radius 2 is 1.61 bits per heavy atom. The Balaban J connectivity index is 2.06. The van der Waals surface area contributed by atoms with Gasteiger partial charge in [-0.25, -0.2) is 0 Å². The van der Waals surface area contributed by atoms with Gasteiger partial charge in [0.05, 0.1) is 14.2 Å². The minimum absolute atomic E-state index is 0.225. The molecular weight excluding hydrogens is 294 g/mol. The minimum atomic E-state index is -0.660. The Bertz CT molecular complexity index is 662. The Morgan fingerprint density at radius 3 is 2.17 bits per heavy atom. The molecule has 2 rings (SSSR count). The molecule has 0 saturated heterocycles. The predicted octanol–water partition coefficient (Wildman–Crippen LogP) is 3.42. The van der Waals surface area contributed by atoms with E-state index < -0.39 is 6.10 Å². The minimum Gasteiger partial charge on any atom is -0.496 e. The molecule has 122 valence electrons. The van der Waals surface area contributed by atoms with Crippen LogP contribution in [0.4, 0.5) is 5.69 Å². The summed E-state index contributed by atoms with van der Waals surface area (Å²) in [5, 5.41) is 2.83. The molecule has 0 spiro atoms. The largest absolute Gasteiger partial charge is 0.496 e. The van der Waals surface area contributed by atoms with Gasteiger partial charge in [-0.15, -0.1) is 0 Å². The molecule has 1 N–H and O–H groups in total. The standard InChI is InChI=1S/C18H21NO4/c1-12-6-5-7-14(8-12)19-18(20)13(2)23-17-10-15(21-3)9-16(11-17)22-4/h5-11,13H,1-4H3,(H,19,20)/t13-/m0/s1. The number of carbonyl (C=O) groups is 1. The van der Waals surface area contributed by atoms with E-state index in [4.69, 9.17) is 14.2 Å². The molecule has 23 heavy (non-hydrogen) atoms. The summed E-state index contributed by atoms with van der Waals surface area (Å²) in [6.45, 7) is 3.66. The SMILES string of the molecule is COc1cc(OC)cc(O[C@@H](C)C(=O)Nc2cccc(C)c2)c1. The van der Waals surface area contributed by atoms with Crippen molar-refractivity contribution in [1.82, 2.24) is 0 Å². The van der Waals surface area contributed by atoms with Crippen LogP contribution in [0.25, 0.3) is 0 Å². The summed E-state index contributed by atoms with van der Waals surface area (Å²) in [7, 11) is 3.12. The van der Waals surface area contributed by atoms with Crippen LogP contribution in [0.15, 0.2) is 42.5 Å². The van der Waals surface area contributed by atoms with E-state index in [1.54, 1.807) is 39.3 Å². The van der Waals surface area contributed by atoms with Crippen LogP contribution < -0.4 is 19.5 Å². The number of hydrogen-bond acceptors (Lipinski definition) is 4. The van der Waals surface area contributed by atoms with Gasteiger partial charge in [0.1, 0.15) is 17.2 Å². The second-order valence-corrected chi connectivity index (χ2v) is 5.17. The molecule has 5 nitrogen and oxygen atoms in total. The Hall–Kier alpha value is -2.69. The van der Waals surface area contributed by atoms with Gasteiger partial charge < -0.3 is 19.5 Å². The second kappa shape index (κ2) is 7.54. The summed E-state index contributed by atoms with van der Waals surface area (Å²) in [4.78, 5) is 12.2. The fourth-order valence-electron chi connectivity index (χ4n) is 2.07. The molecule has 1 amide bonds. The summed E-state index contributed by atoms with van der Waals surface area (Å²) < 4.78 is 16.1. The number of nitrogens with one attached hydrogen (secondary N) is 1. The lowest BCUT2D eigenvalue weighted by Crippen LogP contribution is -2.30. The fraction of sp³-hybridized carbons (Fsp3) is 0.278. The van der Waals surface area contributed by atoms with Crippen LogP contribution in [0, 0.1) is 6.92 Å². The van der Waals surface area contributed by atoms with Crippen LogP contribution in [0.5, 0.6) is 17.2 Å². The highest BCUT2D eigenvalue weighted by atomic mass is 16.5. The van der Waals surface area contributed by atoms with Gasteiger partial charge in [-0.05, 0) is 31.5 Å². The smallest absolute Gasteiger partial charge is 0.265 e. The molecular formula is C18H21NO4. The molecule has 1 atom stereocenters. The lowest BCUT2D eigenvalue weighted by molar-refractivity contribution is -0.122. The zero-order valence-electron chi connectivity index (χ0n) is 13.8. The van der Waals surface area contributed by atoms with E-state index in [1.165, 1.54) is 0 Å². The number of benzene rings is 2. The zero-order chi connectivity index (χ0) is 16.8. The lowest BCUT2D eigenvalue weighted by atomic mass is 10.2.